The highest BCUT2D eigenvalue weighted by Gasteiger charge is 2.42. The number of guanidine groups is 1. The number of hydrogen-bond donors (Lipinski definition) is 2. The number of anilines is 1. The van der Waals surface area contributed by atoms with Crippen molar-refractivity contribution in [2.75, 3.05) is 71.4 Å². The number of rotatable bonds is 9. The fraction of sp³-hybridized carbons (Fsp3) is 0.680. The van der Waals surface area contributed by atoms with Crippen LogP contribution in [0.2, 0.25) is 0 Å². The van der Waals surface area contributed by atoms with Crippen molar-refractivity contribution in [3.05, 3.63) is 30.3 Å². The van der Waals surface area contributed by atoms with Gasteiger partial charge in [-0.05, 0) is 44.9 Å². The van der Waals surface area contributed by atoms with Gasteiger partial charge in [0.1, 0.15) is 0 Å². The molecule has 0 unspecified atom stereocenters. The molecule has 0 aromatic heterocycles. The van der Waals surface area contributed by atoms with Crippen molar-refractivity contribution >= 4 is 41.5 Å². The zero-order valence-electron chi connectivity index (χ0n) is 20.7. The molecule has 1 amide bonds. The van der Waals surface area contributed by atoms with E-state index in [9.17, 15) is 4.79 Å². The molecule has 0 atom stereocenters. The molecular weight excluding hydrogens is 527 g/mol. The molecule has 1 aliphatic carbocycles. The smallest absolute Gasteiger partial charge is 0.230 e. The molecule has 186 valence electrons. The van der Waals surface area contributed by atoms with E-state index < -0.39 is 0 Å². The minimum Gasteiger partial charge on any atom is -0.369 e. The molecule has 1 saturated heterocycles. The maximum absolute atomic E-state index is 12.8. The van der Waals surface area contributed by atoms with Crippen LogP contribution in [0.25, 0.3) is 0 Å². The molecular formula is C25H43IN6O. The maximum Gasteiger partial charge on any atom is 0.230 e. The molecule has 2 aliphatic rings. The highest BCUT2D eigenvalue weighted by Crippen LogP contribution is 2.39. The minimum absolute atomic E-state index is 0. The molecule has 0 bridgehead atoms. The summed E-state index contributed by atoms with van der Waals surface area (Å²) in [6.45, 7) is 9.85. The first kappa shape index (κ1) is 27.7. The summed E-state index contributed by atoms with van der Waals surface area (Å²) >= 11 is 0. The minimum atomic E-state index is -0.315. The van der Waals surface area contributed by atoms with Crippen LogP contribution in [0.15, 0.2) is 35.3 Å². The average Bonchev–Trinajstić information content (AvgIpc) is 3.30. The van der Waals surface area contributed by atoms with Crippen LogP contribution in [0, 0.1) is 5.41 Å². The van der Waals surface area contributed by atoms with Crippen LogP contribution in [-0.2, 0) is 4.79 Å². The van der Waals surface area contributed by atoms with E-state index in [1.807, 2.05) is 14.1 Å². The normalized spacial score (nSPS) is 18.5. The second-order valence-corrected chi connectivity index (χ2v) is 9.33. The Kier molecular flexibility index (Phi) is 11.7. The summed E-state index contributed by atoms with van der Waals surface area (Å²) in [6, 6.07) is 10.7. The van der Waals surface area contributed by atoms with Gasteiger partial charge in [0.2, 0.25) is 5.91 Å². The van der Waals surface area contributed by atoms with Crippen LogP contribution >= 0.6 is 24.0 Å². The number of aliphatic imine (C=N–C) groups is 1. The predicted octanol–water partition coefficient (Wildman–Crippen LogP) is 3.02. The summed E-state index contributed by atoms with van der Waals surface area (Å²) in [4.78, 5) is 24.4. The molecule has 1 aromatic rings. The van der Waals surface area contributed by atoms with Crippen LogP contribution in [0.5, 0.6) is 0 Å². The first-order valence-corrected chi connectivity index (χ1v) is 12.3. The third-order valence-electron chi connectivity index (χ3n) is 6.74. The van der Waals surface area contributed by atoms with E-state index in [-0.39, 0.29) is 35.3 Å². The van der Waals surface area contributed by atoms with Crippen molar-refractivity contribution < 1.29 is 4.79 Å². The van der Waals surface area contributed by atoms with Crippen LogP contribution < -0.4 is 15.5 Å². The zero-order valence-corrected chi connectivity index (χ0v) is 23.0. The van der Waals surface area contributed by atoms with E-state index in [2.05, 4.69) is 57.7 Å². The highest BCUT2D eigenvalue weighted by molar-refractivity contribution is 14.0. The predicted molar refractivity (Wildman–Crippen MR) is 149 cm³/mol. The fourth-order valence-corrected chi connectivity index (χ4v) is 4.92. The third-order valence-corrected chi connectivity index (χ3v) is 6.74. The van der Waals surface area contributed by atoms with Gasteiger partial charge in [-0.15, -0.1) is 24.0 Å². The van der Waals surface area contributed by atoms with Crippen LogP contribution in [0.4, 0.5) is 5.69 Å². The van der Waals surface area contributed by atoms with Gasteiger partial charge in [0.15, 0.2) is 5.96 Å². The van der Waals surface area contributed by atoms with Crippen molar-refractivity contribution in [1.29, 1.82) is 0 Å². The standard InChI is InChI=1S/C25H42N6O.HI/c1-4-26-24(28-21-25(13-8-9-14-25)23(32)29(2)3)27-15-10-16-30-17-19-31(20-18-30)22-11-6-5-7-12-22;/h5-7,11-12H,4,8-10,13-21H2,1-3H3,(H2,26,27,28);1H. The molecule has 2 N–H and O–H groups in total. The second kappa shape index (κ2) is 14.0. The number of para-hydroxylation sites is 1. The van der Waals surface area contributed by atoms with Gasteiger partial charge in [-0.1, -0.05) is 31.0 Å². The Labute approximate surface area is 217 Å². The van der Waals surface area contributed by atoms with Crippen molar-refractivity contribution in [3.63, 3.8) is 0 Å². The molecule has 2 fully saturated rings. The van der Waals surface area contributed by atoms with Gasteiger partial charge in [-0.3, -0.25) is 14.7 Å². The van der Waals surface area contributed by atoms with E-state index in [0.717, 1.165) is 83.9 Å². The fourth-order valence-electron chi connectivity index (χ4n) is 4.92. The summed E-state index contributed by atoms with van der Waals surface area (Å²) in [5, 5.41) is 6.83. The monoisotopic (exact) mass is 570 g/mol. The number of amides is 1. The first-order valence-electron chi connectivity index (χ1n) is 12.3. The number of carbonyl (C=O) groups excluding carboxylic acids is 1. The Hall–Kier alpha value is -1.55. The van der Waals surface area contributed by atoms with Crippen LogP contribution in [-0.4, -0.2) is 88.1 Å². The number of hydrogen-bond acceptors (Lipinski definition) is 4. The Balaban J connectivity index is 0.00000385. The largest absolute Gasteiger partial charge is 0.369 e. The molecule has 1 aliphatic heterocycles. The summed E-state index contributed by atoms with van der Waals surface area (Å²) in [5.41, 5.74) is 1.01. The summed E-state index contributed by atoms with van der Waals surface area (Å²) < 4.78 is 0. The van der Waals surface area contributed by atoms with Gasteiger partial charge < -0.3 is 20.4 Å². The van der Waals surface area contributed by atoms with Crippen molar-refractivity contribution in [3.8, 4) is 0 Å². The SMILES string of the molecule is CCNC(=NCC1(C(=O)N(C)C)CCCC1)NCCCN1CCN(c2ccccc2)CC1.I. The summed E-state index contributed by atoms with van der Waals surface area (Å²) in [7, 11) is 3.71. The van der Waals surface area contributed by atoms with Gasteiger partial charge >= 0.3 is 0 Å². The van der Waals surface area contributed by atoms with Gasteiger partial charge in [0.05, 0.1) is 12.0 Å². The Morgan fingerprint density at radius 1 is 1.06 bits per heavy atom. The van der Waals surface area contributed by atoms with E-state index in [1.54, 1.807) is 4.90 Å². The second-order valence-electron chi connectivity index (χ2n) is 9.33. The number of halogens is 1. The Morgan fingerprint density at radius 3 is 2.33 bits per heavy atom. The maximum atomic E-state index is 12.8. The zero-order chi connectivity index (χ0) is 22.8. The van der Waals surface area contributed by atoms with Gasteiger partial charge in [0.25, 0.3) is 0 Å². The number of nitrogens with one attached hydrogen (secondary N) is 2. The number of carbonyl (C=O) groups is 1. The van der Waals surface area contributed by atoms with E-state index in [4.69, 9.17) is 4.99 Å². The third kappa shape index (κ3) is 8.02. The van der Waals surface area contributed by atoms with E-state index in [1.165, 1.54) is 5.69 Å². The van der Waals surface area contributed by atoms with Gasteiger partial charge in [-0.25, -0.2) is 0 Å². The van der Waals surface area contributed by atoms with Crippen molar-refractivity contribution in [2.24, 2.45) is 10.4 Å². The molecule has 1 heterocycles. The molecule has 33 heavy (non-hydrogen) atoms. The molecule has 0 spiro atoms. The lowest BCUT2D eigenvalue weighted by molar-refractivity contribution is -0.138. The lowest BCUT2D eigenvalue weighted by atomic mass is 9.85. The molecule has 1 saturated carbocycles. The lowest BCUT2D eigenvalue weighted by Gasteiger charge is -2.36. The number of benzene rings is 1. The number of nitrogens with zero attached hydrogens (tertiary/aromatic N) is 4. The van der Waals surface area contributed by atoms with Crippen molar-refractivity contribution in [1.82, 2.24) is 20.4 Å². The van der Waals surface area contributed by atoms with Gasteiger partial charge in [-0.2, -0.15) is 0 Å². The molecule has 0 radical (unpaired) electrons. The number of piperazine rings is 1. The summed E-state index contributed by atoms with van der Waals surface area (Å²) in [6.07, 6.45) is 5.22. The topological polar surface area (TPSA) is 63.2 Å². The van der Waals surface area contributed by atoms with E-state index in [0.29, 0.717) is 6.54 Å². The lowest BCUT2D eigenvalue weighted by Crippen LogP contribution is -2.47. The van der Waals surface area contributed by atoms with E-state index >= 15 is 0 Å². The van der Waals surface area contributed by atoms with Crippen LogP contribution in [0.1, 0.15) is 39.0 Å². The molecule has 7 nitrogen and oxygen atoms in total. The molecule has 1 aromatic carbocycles. The Morgan fingerprint density at radius 2 is 1.73 bits per heavy atom. The van der Waals surface area contributed by atoms with Crippen molar-refractivity contribution in [2.45, 2.75) is 39.0 Å². The van der Waals surface area contributed by atoms with Gasteiger partial charge in [0, 0.05) is 59.1 Å². The van der Waals surface area contributed by atoms with Crippen LogP contribution in [0.3, 0.4) is 0 Å². The highest BCUT2D eigenvalue weighted by atomic mass is 127. The molecule has 3 rings (SSSR count). The average molecular weight is 571 g/mol. The first-order chi connectivity index (χ1) is 15.5. The molecule has 8 heteroatoms. The summed E-state index contributed by atoms with van der Waals surface area (Å²) in [5.74, 6) is 1.06. The Bertz CT molecular complexity index is 728. The quantitative estimate of drug-likeness (QED) is 0.207.